The summed E-state index contributed by atoms with van der Waals surface area (Å²) in [5.74, 6) is -1.93. The Morgan fingerprint density at radius 3 is 2.79 bits per heavy atom. The fraction of sp³-hybridized carbons (Fsp3) is 0.500. The lowest BCUT2D eigenvalue weighted by Crippen LogP contribution is -2.40. The molecule has 8 heteroatoms. The Bertz CT molecular complexity index is 322. The number of nitrogens with zero attached hydrogens (tertiary/aromatic N) is 3. The van der Waals surface area contributed by atoms with Crippen LogP contribution in [0.3, 0.4) is 0 Å². The van der Waals surface area contributed by atoms with Gasteiger partial charge in [-0.05, 0) is 11.6 Å². The lowest BCUT2D eigenvalue weighted by molar-refractivity contribution is -0.139. The first-order valence-electron chi connectivity index (χ1n) is 3.92. The number of aromatic nitrogens is 4. The van der Waals surface area contributed by atoms with Crippen molar-refractivity contribution in [2.45, 2.75) is 19.4 Å². The smallest absolute Gasteiger partial charge is 0.326 e. The van der Waals surface area contributed by atoms with E-state index in [0.717, 1.165) is 0 Å². The first-order valence-corrected chi connectivity index (χ1v) is 3.92. The minimum absolute atomic E-state index is 0.176. The zero-order valence-electron chi connectivity index (χ0n) is 7.39. The van der Waals surface area contributed by atoms with E-state index in [1.54, 1.807) is 6.92 Å². The standard InChI is InChI=1S/C6H9N5O3/c1-2-3(6(13)14)7-5(12)4-8-10-11-9-4/h3H,2H2,1H3,(H,7,12)(H,13,14)(H,8,9,10,11)/t3-/m0/s1. The van der Waals surface area contributed by atoms with Crippen molar-refractivity contribution in [1.29, 1.82) is 0 Å². The third-order valence-electron chi connectivity index (χ3n) is 1.56. The Morgan fingerprint density at radius 1 is 1.64 bits per heavy atom. The Kier molecular flexibility index (Phi) is 3.10. The Morgan fingerprint density at radius 2 is 2.36 bits per heavy atom. The zero-order valence-corrected chi connectivity index (χ0v) is 7.39. The number of hydrogen-bond acceptors (Lipinski definition) is 5. The maximum Gasteiger partial charge on any atom is 0.326 e. The van der Waals surface area contributed by atoms with Crippen molar-refractivity contribution >= 4 is 11.9 Å². The molecule has 0 aliphatic carbocycles. The average molecular weight is 199 g/mol. The molecule has 1 aromatic heterocycles. The molecule has 8 nitrogen and oxygen atoms in total. The molecule has 14 heavy (non-hydrogen) atoms. The van der Waals surface area contributed by atoms with Crippen LogP contribution in [0.15, 0.2) is 0 Å². The first kappa shape index (κ1) is 10.1. The van der Waals surface area contributed by atoms with Gasteiger partial charge in [0.05, 0.1) is 0 Å². The van der Waals surface area contributed by atoms with Gasteiger partial charge in [0.1, 0.15) is 6.04 Å². The molecule has 0 unspecified atom stereocenters. The van der Waals surface area contributed by atoms with Gasteiger partial charge in [-0.2, -0.15) is 5.21 Å². The summed E-state index contributed by atoms with van der Waals surface area (Å²) in [6, 6.07) is -0.930. The van der Waals surface area contributed by atoms with E-state index in [-0.39, 0.29) is 5.82 Å². The van der Waals surface area contributed by atoms with Crippen LogP contribution in [-0.2, 0) is 4.79 Å². The second kappa shape index (κ2) is 4.30. The van der Waals surface area contributed by atoms with Gasteiger partial charge in [0.15, 0.2) is 0 Å². The first-order chi connectivity index (χ1) is 6.65. The molecule has 1 aromatic rings. The van der Waals surface area contributed by atoms with Crippen molar-refractivity contribution in [3.63, 3.8) is 0 Å². The summed E-state index contributed by atoms with van der Waals surface area (Å²) in [6.45, 7) is 1.65. The minimum atomic E-state index is -1.09. The monoisotopic (exact) mass is 199 g/mol. The number of aliphatic carboxylic acids is 1. The quantitative estimate of drug-likeness (QED) is 0.559. The van der Waals surface area contributed by atoms with Crippen LogP contribution in [0.5, 0.6) is 0 Å². The van der Waals surface area contributed by atoms with E-state index in [2.05, 4.69) is 25.9 Å². The third-order valence-corrected chi connectivity index (χ3v) is 1.56. The van der Waals surface area contributed by atoms with Gasteiger partial charge in [-0.3, -0.25) is 4.79 Å². The molecular weight excluding hydrogens is 190 g/mol. The molecule has 1 heterocycles. The maximum absolute atomic E-state index is 11.2. The second-order valence-electron chi connectivity index (χ2n) is 2.51. The number of tetrazole rings is 1. The summed E-state index contributed by atoms with van der Waals surface area (Å²) in [5.41, 5.74) is 0. The molecule has 76 valence electrons. The second-order valence-corrected chi connectivity index (χ2v) is 2.51. The van der Waals surface area contributed by atoms with Gasteiger partial charge < -0.3 is 10.4 Å². The average Bonchev–Trinajstić information content (AvgIpc) is 2.65. The lowest BCUT2D eigenvalue weighted by Gasteiger charge is -2.09. The molecule has 0 saturated carbocycles. The van der Waals surface area contributed by atoms with Crippen molar-refractivity contribution in [1.82, 2.24) is 25.9 Å². The number of aromatic amines is 1. The maximum atomic E-state index is 11.2. The van der Waals surface area contributed by atoms with Crippen LogP contribution >= 0.6 is 0 Å². The number of nitrogens with one attached hydrogen (secondary N) is 2. The van der Waals surface area contributed by atoms with E-state index < -0.39 is 17.9 Å². The zero-order chi connectivity index (χ0) is 10.6. The molecule has 0 bridgehead atoms. The number of H-pyrrole nitrogens is 1. The molecule has 0 radical (unpaired) electrons. The summed E-state index contributed by atoms with van der Waals surface area (Å²) in [4.78, 5) is 21.8. The Hall–Kier alpha value is -1.99. The van der Waals surface area contributed by atoms with Crippen LogP contribution in [0, 0.1) is 0 Å². The summed E-state index contributed by atoms with van der Waals surface area (Å²) >= 11 is 0. The van der Waals surface area contributed by atoms with Crippen LogP contribution in [0.2, 0.25) is 0 Å². The number of carboxylic acid groups (broad SMARTS) is 1. The highest BCUT2D eigenvalue weighted by Crippen LogP contribution is 1.93. The summed E-state index contributed by atoms with van der Waals surface area (Å²) in [6.07, 6.45) is 0.291. The molecule has 0 aliphatic rings. The molecule has 1 amide bonds. The number of hydrogen-bond donors (Lipinski definition) is 3. The lowest BCUT2D eigenvalue weighted by atomic mass is 10.2. The summed E-state index contributed by atoms with van der Waals surface area (Å²) in [5, 5.41) is 23.0. The van der Waals surface area contributed by atoms with Gasteiger partial charge in [0.25, 0.3) is 11.7 Å². The van der Waals surface area contributed by atoms with Crippen LogP contribution in [-0.4, -0.2) is 43.6 Å². The van der Waals surface area contributed by atoms with Gasteiger partial charge in [0, 0.05) is 0 Å². The summed E-state index contributed by atoms with van der Waals surface area (Å²) < 4.78 is 0. The molecule has 0 spiro atoms. The largest absolute Gasteiger partial charge is 0.480 e. The molecule has 3 N–H and O–H groups in total. The van der Waals surface area contributed by atoms with E-state index >= 15 is 0 Å². The van der Waals surface area contributed by atoms with Crippen LogP contribution < -0.4 is 5.32 Å². The van der Waals surface area contributed by atoms with E-state index in [4.69, 9.17) is 5.11 Å². The predicted molar refractivity (Wildman–Crippen MR) is 43.4 cm³/mol. The molecule has 0 saturated heterocycles. The molecule has 0 fully saturated rings. The molecule has 1 rings (SSSR count). The van der Waals surface area contributed by atoms with Gasteiger partial charge >= 0.3 is 5.97 Å². The SMILES string of the molecule is CC[C@H](NC(=O)c1nn[nH]n1)C(=O)O. The van der Waals surface area contributed by atoms with Gasteiger partial charge in [-0.1, -0.05) is 6.92 Å². The number of carbonyl (C=O) groups excluding carboxylic acids is 1. The van der Waals surface area contributed by atoms with Crippen molar-refractivity contribution in [3.8, 4) is 0 Å². The van der Waals surface area contributed by atoms with Crippen LogP contribution in [0.4, 0.5) is 0 Å². The molecule has 0 aliphatic heterocycles. The van der Waals surface area contributed by atoms with Crippen molar-refractivity contribution < 1.29 is 14.7 Å². The minimum Gasteiger partial charge on any atom is -0.480 e. The number of rotatable bonds is 4. The fourth-order valence-electron chi connectivity index (χ4n) is 0.819. The normalized spacial score (nSPS) is 12.1. The van der Waals surface area contributed by atoms with Crippen molar-refractivity contribution in [3.05, 3.63) is 5.82 Å². The van der Waals surface area contributed by atoms with Gasteiger partial charge in [-0.25, -0.2) is 4.79 Å². The predicted octanol–water partition coefficient (Wildman–Crippen LogP) is -1.21. The molecular formula is C6H9N5O3. The van der Waals surface area contributed by atoms with Gasteiger partial charge in [0.2, 0.25) is 0 Å². The third kappa shape index (κ3) is 2.25. The number of carbonyl (C=O) groups is 2. The highest BCUT2D eigenvalue weighted by atomic mass is 16.4. The Labute approximate surface area is 78.7 Å². The summed E-state index contributed by atoms with van der Waals surface area (Å²) in [7, 11) is 0. The van der Waals surface area contributed by atoms with Crippen LogP contribution in [0.1, 0.15) is 24.0 Å². The van der Waals surface area contributed by atoms with E-state index in [1.165, 1.54) is 0 Å². The highest BCUT2D eigenvalue weighted by molar-refractivity contribution is 5.93. The fourth-order valence-corrected chi connectivity index (χ4v) is 0.819. The van der Waals surface area contributed by atoms with Gasteiger partial charge in [-0.15, -0.1) is 10.2 Å². The highest BCUT2D eigenvalue weighted by Gasteiger charge is 2.20. The van der Waals surface area contributed by atoms with Crippen LogP contribution in [0.25, 0.3) is 0 Å². The van der Waals surface area contributed by atoms with E-state index in [9.17, 15) is 9.59 Å². The number of carboxylic acids is 1. The van der Waals surface area contributed by atoms with E-state index in [0.29, 0.717) is 6.42 Å². The molecule has 1 atom stereocenters. The topological polar surface area (TPSA) is 121 Å². The molecule has 0 aromatic carbocycles. The van der Waals surface area contributed by atoms with E-state index in [1.807, 2.05) is 0 Å². The van der Waals surface area contributed by atoms with Crippen molar-refractivity contribution in [2.75, 3.05) is 0 Å². The Balaban J connectivity index is 2.60. The van der Waals surface area contributed by atoms with Crippen molar-refractivity contribution in [2.24, 2.45) is 0 Å². The number of amides is 1.